The first-order valence-electron chi connectivity index (χ1n) is 15.0. The highest BCUT2D eigenvalue weighted by atomic mass is 19.4. The number of benzene rings is 2. The summed E-state index contributed by atoms with van der Waals surface area (Å²) >= 11 is 0. The average molecular weight is 603 g/mol. The van der Waals surface area contributed by atoms with Crippen LogP contribution >= 0.6 is 0 Å². The van der Waals surface area contributed by atoms with Gasteiger partial charge in [-0.05, 0) is 85.5 Å². The van der Waals surface area contributed by atoms with Crippen molar-refractivity contribution in [3.63, 3.8) is 0 Å². The molecule has 1 amide bonds. The molecule has 2 fully saturated rings. The SMILES string of the molecule is C[C@H](NCC1(O)CCC1)c1cc2c(c(C(F)(F)F)c1)CN(c1cc(-c3ccccc3-c3nncn3C)cc(C3CC3)n1)C2=O. The highest BCUT2D eigenvalue weighted by Gasteiger charge is 2.42. The van der Waals surface area contributed by atoms with Gasteiger partial charge in [-0.15, -0.1) is 10.2 Å². The minimum atomic E-state index is -4.65. The zero-order chi connectivity index (χ0) is 30.8. The Morgan fingerprint density at radius 3 is 2.48 bits per heavy atom. The second-order valence-electron chi connectivity index (χ2n) is 12.4. The number of pyridine rings is 1. The standard InChI is InChI=1S/C33H33F3N6O2/c1-19(37-17-32(44)10-5-11-32)21-12-25-26(27(13-21)33(34,35)36)16-42(31(25)43)29-15-22(14-28(39-29)20-8-9-20)23-6-3-4-7-24(23)30-40-38-18-41(30)2/h3-4,6-7,12-15,18-20,37,44H,5,8-11,16-17H2,1-2H3/t19-/m0/s1. The molecule has 1 aliphatic heterocycles. The molecule has 3 aliphatic rings. The van der Waals surface area contributed by atoms with E-state index in [1.54, 1.807) is 25.4 Å². The summed E-state index contributed by atoms with van der Waals surface area (Å²) in [5, 5.41) is 22.0. The molecule has 0 bridgehead atoms. The van der Waals surface area contributed by atoms with Gasteiger partial charge in [-0.2, -0.15) is 13.2 Å². The number of hydrogen-bond acceptors (Lipinski definition) is 6. The Labute approximate surface area is 253 Å². The van der Waals surface area contributed by atoms with Crippen LogP contribution in [0.5, 0.6) is 0 Å². The number of rotatable bonds is 8. The smallest absolute Gasteiger partial charge is 0.389 e. The van der Waals surface area contributed by atoms with Crippen LogP contribution in [-0.4, -0.2) is 42.9 Å². The lowest BCUT2D eigenvalue weighted by atomic mass is 9.80. The van der Waals surface area contributed by atoms with E-state index < -0.39 is 29.3 Å². The molecular formula is C33H33F3N6O2. The normalized spacial score (nSPS) is 18.3. The molecule has 0 spiro atoms. The van der Waals surface area contributed by atoms with Crippen molar-refractivity contribution in [1.29, 1.82) is 0 Å². The lowest BCUT2D eigenvalue weighted by molar-refractivity contribution is -0.138. The third-order valence-electron chi connectivity index (χ3n) is 9.19. The van der Waals surface area contributed by atoms with E-state index in [-0.39, 0.29) is 30.1 Å². The van der Waals surface area contributed by atoms with Crippen molar-refractivity contribution >= 4 is 11.7 Å². The minimum absolute atomic E-state index is 0.0329. The van der Waals surface area contributed by atoms with Crippen LogP contribution in [0.2, 0.25) is 0 Å². The molecule has 11 heteroatoms. The molecule has 4 aromatic rings. The number of alkyl halides is 3. The summed E-state index contributed by atoms with van der Waals surface area (Å²) in [7, 11) is 1.86. The predicted octanol–water partition coefficient (Wildman–Crippen LogP) is 6.17. The maximum atomic E-state index is 14.4. The second-order valence-corrected chi connectivity index (χ2v) is 12.4. The van der Waals surface area contributed by atoms with Gasteiger partial charge in [0.15, 0.2) is 5.82 Å². The van der Waals surface area contributed by atoms with Crippen LogP contribution in [0.25, 0.3) is 22.5 Å². The molecular weight excluding hydrogens is 569 g/mol. The largest absolute Gasteiger partial charge is 0.416 e. The number of aliphatic hydroxyl groups is 1. The van der Waals surface area contributed by atoms with Crippen molar-refractivity contribution in [2.24, 2.45) is 7.05 Å². The quantitative estimate of drug-likeness (QED) is 0.251. The van der Waals surface area contributed by atoms with Crippen LogP contribution in [0.15, 0.2) is 54.9 Å². The van der Waals surface area contributed by atoms with E-state index in [1.165, 1.54) is 4.90 Å². The van der Waals surface area contributed by atoms with E-state index >= 15 is 0 Å². The van der Waals surface area contributed by atoms with E-state index in [9.17, 15) is 23.1 Å². The van der Waals surface area contributed by atoms with Crippen molar-refractivity contribution in [3.8, 4) is 22.5 Å². The fourth-order valence-corrected chi connectivity index (χ4v) is 6.22. The van der Waals surface area contributed by atoms with Crippen LogP contribution < -0.4 is 10.2 Å². The number of hydrogen-bond donors (Lipinski definition) is 2. The van der Waals surface area contributed by atoms with Gasteiger partial charge in [0, 0.05) is 42.4 Å². The van der Waals surface area contributed by atoms with Gasteiger partial charge in [-0.25, -0.2) is 4.98 Å². The third kappa shape index (κ3) is 5.17. The van der Waals surface area contributed by atoms with Crippen LogP contribution in [0.3, 0.4) is 0 Å². The number of nitrogens with zero attached hydrogens (tertiary/aromatic N) is 5. The van der Waals surface area contributed by atoms with E-state index in [0.29, 0.717) is 30.0 Å². The highest BCUT2D eigenvalue weighted by molar-refractivity contribution is 6.10. The van der Waals surface area contributed by atoms with Crippen molar-refractivity contribution in [2.45, 2.75) is 69.3 Å². The summed E-state index contributed by atoms with van der Waals surface area (Å²) in [5.41, 5.74) is 2.03. The zero-order valence-corrected chi connectivity index (χ0v) is 24.5. The maximum Gasteiger partial charge on any atom is 0.416 e. The van der Waals surface area contributed by atoms with Gasteiger partial charge >= 0.3 is 6.18 Å². The van der Waals surface area contributed by atoms with E-state index in [4.69, 9.17) is 4.98 Å². The molecule has 0 saturated heterocycles. The first-order chi connectivity index (χ1) is 21.0. The number of aromatic nitrogens is 4. The Morgan fingerprint density at radius 1 is 1.09 bits per heavy atom. The van der Waals surface area contributed by atoms with Crippen LogP contribution in [0, 0.1) is 0 Å². The van der Waals surface area contributed by atoms with Crippen molar-refractivity contribution in [1.82, 2.24) is 25.1 Å². The summed E-state index contributed by atoms with van der Waals surface area (Å²) in [5.74, 6) is 0.730. The summed E-state index contributed by atoms with van der Waals surface area (Å²) < 4.78 is 45.1. The Hall–Kier alpha value is -4.09. The molecule has 1 atom stereocenters. The molecule has 228 valence electrons. The summed E-state index contributed by atoms with van der Waals surface area (Å²) in [6, 6.07) is 13.7. The lowest BCUT2D eigenvalue weighted by Gasteiger charge is -2.37. The second kappa shape index (κ2) is 10.5. The number of carbonyl (C=O) groups excluding carboxylic acids is 1. The molecule has 0 unspecified atom stereocenters. The van der Waals surface area contributed by atoms with Gasteiger partial charge in [-0.1, -0.05) is 24.3 Å². The van der Waals surface area contributed by atoms with Crippen molar-refractivity contribution < 1.29 is 23.1 Å². The number of fused-ring (bicyclic) bond motifs is 1. The minimum Gasteiger partial charge on any atom is -0.389 e. The molecule has 2 N–H and O–H groups in total. The van der Waals surface area contributed by atoms with Gasteiger partial charge in [0.25, 0.3) is 5.91 Å². The molecule has 0 radical (unpaired) electrons. The summed E-state index contributed by atoms with van der Waals surface area (Å²) in [6.07, 6.45) is 1.17. The molecule has 2 aromatic carbocycles. The Morgan fingerprint density at radius 2 is 1.84 bits per heavy atom. The van der Waals surface area contributed by atoms with Gasteiger partial charge in [-0.3, -0.25) is 9.69 Å². The number of nitrogens with one attached hydrogen (secondary N) is 1. The topological polar surface area (TPSA) is 96.2 Å². The molecule has 3 heterocycles. The van der Waals surface area contributed by atoms with E-state index in [0.717, 1.165) is 47.7 Å². The molecule has 2 aliphatic carbocycles. The highest BCUT2D eigenvalue weighted by Crippen LogP contribution is 2.44. The fraction of sp³-hybridized carbons (Fsp3) is 0.394. The lowest BCUT2D eigenvalue weighted by Crippen LogP contribution is -2.46. The number of carbonyl (C=O) groups is 1. The van der Waals surface area contributed by atoms with Crippen molar-refractivity contribution in [3.05, 3.63) is 82.8 Å². The fourth-order valence-electron chi connectivity index (χ4n) is 6.22. The van der Waals surface area contributed by atoms with Crippen LogP contribution in [0.4, 0.5) is 19.0 Å². The van der Waals surface area contributed by atoms with Gasteiger partial charge in [0.1, 0.15) is 12.1 Å². The molecule has 2 saturated carbocycles. The Kier molecular flexibility index (Phi) is 6.85. The predicted molar refractivity (Wildman–Crippen MR) is 159 cm³/mol. The molecule has 7 rings (SSSR count). The molecule has 44 heavy (non-hydrogen) atoms. The van der Waals surface area contributed by atoms with Crippen LogP contribution in [-0.2, 0) is 19.8 Å². The summed E-state index contributed by atoms with van der Waals surface area (Å²) in [6.45, 7) is 1.81. The van der Waals surface area contributed by atoms with Gasteiger partial charge in [0.2, 0.25) is 0 Å². The number of aryl methyl sites for hydroxylation is 1. The maximum absolute atomic E-state index is 14.4. The first kappa shape index (κ1) is 28.7. The number of amides is 1. The number of halogens is 3. The average Bonchev–Trinajstić information content (AvgIpc) is 3.68. The van der Waals surface area contributed by atoms with E-state index in [2.05, 4.69) is 15.5 Å². The molecule has 2 aromatic heterocycles. The molecule has 8 nitrogen and oxygen atoms in total. The van der Waals surface area contributed by atoms with Crippen LogP contribution in [0.1, 0.15) is 83.7 Å². The van der Waals surface area contributed by atoms with E-state index in [1.807, 2.05) is 41.9 Å². The number of anilines is 1. The summed E-state index contributed by atoms with van der Waals surface area (Å²) in [4.78, 5) is 20.1. The first-order valence-corrected chi connectivity index (χ1v) is 15.0. The third-order valence-corrected chi connectivity index (χ3v) is 9.19. The Bertz CT molecular complexity index is 1760. The van der Waals surface area contributed by atoms with Gasteiger partial charge in [0.05, 0.1) is 17.7 Å². The monoisotopic (exact) mass is 602 g/mol. The zero-order valence-electron chi connectivity index (χ0n) is 24.5. The Balaban J connectivity index is 1.27. The van der Waals surface area contributed by atoms with Crippen molar-refractivity contribution in [2.75, 3.05) is 11.4 Å². The van der Waals surface area contributed by atoms with Gasteiger partial charge < -0.3 is 15.0 Å².